The predicted molar refractivity (Wildman–Crippen MR) is 81.3 cm³/mol. The maximum absolute atomic E-state index is 4.39. The summed E-state index contributed by atoms with van der Waals surface area (Å²) in [6.45, 7) is 11.7. The minimum atomic E-state index is 0.622. The van der Waals surface area contributed by atoms with E-state index < -0.39 is 0 Å². The summed E-state index contributed by atoms with van der Waals surface area (Å²) in [5.74, 6) is 0.622. The second-order valence-corrected chi connectivity index (χ2v) is 4.88. The van der Waals surface area contributed by atoms with Gasteiger partial charge < -0.3 is 0 Å². The highest BCUT2D eigenvalue weighted by Crippen LogP contribution is 2.01. The van der Waals surface area contributed by atoms with E-state index in [4.69, 9.17) is 0 Å². The fraction of sp³-hybridized carbons (Fsp3) is 0.375. The van der Waals surface area contributed by atoms with Crippen LogP contribution < -0.4 is 0 Å². The molecule has 0 amide bonds. The van der Waals surface area contributed by atoms with Crippen molar-refractivity contribution in [2.45, 2.75) is 41.5 Å². The van der Waals surface area contributed by atoms with Crippen molar-refractivity contribution in [3.05, 3.63) is 58.4 Å². The van der Waals surface area contributed by atoms with Crippen molar-refractivity contribution in [2.75, 3.05) is 0 Å². The van der Waals surface area contributed by atoms with Gasteiger partial charge in [-0.3, -0.25) is 4.98 Å². The first-order valence-electron chi connectivity index (χ1n) is 6.60. The number of aromatic nitrogens is 4. The monoisotopic (exact) mass is 270 g/mol. The Hall–Kier alpha value is -2.10. The zero-order valence-corrected chi connectivity index (χ0v) is 13.1. The van der Waals surface area contributed by atoms with E-state index in [2.05, 4.69) is 33.2 Å². The molecule has 1 aromatic heterocycles. The SMILES string of the molecule is Cc1ccc(C)c(C)cnc(C)nnc(C)c(C)nc1. The molecule has 0 aromatic carbocycles. The second-order valence-electron chi connectivity index (χ2n) is 4.88. The van der Waals surface area contributed by atoms with Crippen LogP contribution in [0.3, 0.4) is 0 Å². The number of nitrogens with zero attached hydrogens (tertiary/aromatic N) is 4. The number of hydrogen-bond donors (Lipinski definition) is 0. The van der Waals surface area contributed by atoms with Gasteiger partial charge in [0.05, 0.1) is 11.4 Å². The van der Waals surface area contributed by atoms with E-state index >= 15 is 0 Å². The standard InChI is InChI=1S/C16H22N4/c1-11-7-8-12(2)13(3)10-18-16(6)20-19-15(5)14(4)17-9-11/h7-10H,1-6H3. The molecule has 0 atom stereocenters. The number of aryl methyl sites for hydroxylation is 6. The van der Waals surface area contributed by atoms with Crippen LogP contribution in [0.25, 0.3) is 0 Å². The van der Waals surface area contributed by atoms with Crippen molar-refractivity contribution in [1.82, 2.24) is 20.2 Å². The summed E-state index contributed by atoms with van der Waals surface area (Å²) in [5.41, 5.74) is 4.97. The van der Waals surface area contributed by atoms with Gasteiger partial charge >= 0.3 is 0 Å². The first-order chi connectivity index (χ1) is 9.40. The summed E-state index contributed by atoms with van der Waals surface area (Å²) in [4.78, 5) is 8.68. The van der Waals surface area contributed by atoms with Crippen LogP contribution in [-0.2, 0) is 0 Å². The fourth-order valence-electron chi connectivity index (χ4n) is 1.26. The normalized spacial score (nSPS) is 9.50. The molecular weight excluding hydrogens is 248 g/mol. The topological polar surface area (TPSA) is 51.6 Å². The van der Waals surface area contributed by atoms with E-state index in [0.29, 0.717) is 5.82 Å². The summed E-state index contributed by atoms with van der Waals surface area (Å²) in [6, 6.07) is 4.11. The van der Waals surface area contributed by atoms with Gasteiger partial charge in [0, 0.05) is 12.4 Å². The Morgan fingerprint density at radius 3 is 2.05 bits per heavy atom. The van der Waals surface area contributed by atoms with E-state index in [0.717, 1.165) is 28.1 Å². The molecule has 0 spiro atoms. The van der Waals surface area contributed by atoms with Crippen LogP contribution in [0.5, 0.6) is 0 Å². The van der Waals surface area contributed by atoms with E-state index in [1.807, 2.05) is 53.1 Å². The highest BCUT2D eigenvalue weighted by atomic mass is 15.1. The summed E-state index contributed by atoms with van der Waals surface area (Å²) in [5, 5.41) is 8.23. The largest absolute Gasteiger partial charge is 0.259 e. The van der Waals surface area contributed by atoms with E-state index in [-0.39, 0.29) is 0 Å². The molecule has 0 unspecified atom stereocenters. The number of rotatable bonds is 0. The maximum atomic E-state index is 4.39. The van der Waals surface area contributed by atoms with E-state index in [1.165, 1.54) is 0 Å². The smallest absolute Gasteiger partial charge is 0.147 e. The van der Waals surface area contributed by atoms with Crippen molar-refractivity contribution in [3.63, 3.8) is 0 Å². The average molecular weight is 270 g/mol. The van der Waals surface area contributed by atoms with Gasteiger partial charge in [0.1, 0.15) is 5.82 Å². The Kier molecular flexibility index (Phi) is 5.97. The summed E-state index contributed by atoms with van der Waals surface area (Å²) < 4.78 is 0. The van der Waals surface area contributed by atoms with Gasteiger partial charge in [0.2, 0.25) is 0 Å². The molecular formula is C16H22N4. The Morgan fingerprint density at radius 2 is 1.35 bits per heavy atom. The van der Waals surface area contributed by atoms with Crippen LogP contribution in [-0.4, -0.2) is 20.2 Å². The Balaban J connectivity index is 3.64. The second kappa shape index (κ2) is 7.48. The van der Waals surface area contributed by atoms with Crippen molar-refractivity contribution in [3.8, 4) is 0 Å². The lowest BCUT2D eigenvalue weighted by Gasteiger charge is -1.93. The summed E-state index contributed by atoms with van der Waals surface area (Å²) in [7, 11) is 0. The fourth-order valence-corrected chi connectivity index (χ4v) is 1.26. The highest BCUT2D eigenvalue weighted by molar-refractivity contribution is 5.19. The average Bonchev–Trinajstić information content (AvgIpc) is 2.43. The van der Waals surface area contributed by atoms with Gasteiger partial charge in [-0.05, 0) is 58.2 Å². The van der Waals surface area contributed by atoms with Crippen molar-refractivity contribution in [1.29, 1.82) is 0 Å². The lowest BCUT2D eigenvalue weighted by Crippen LogP contribution is -1.91. The zero-order chi connectivity index (χ0) is 15.1. The van der Waals surface area contributed by atoms with Crippen LogP contribution in [0.2, 0.25) is 0 Å². The molecule has 0 radical (unpaired) electrons. The number of hydrogen-bond acceptors (Lipinski definition) is 4. The molecule has 0 bridgehead atoms. The molecule has 1 rings (SSSR count). The van der Waals surface area contributed by atoms with Crippen molar-refractivity contribution in [2.24, 2.45) is 0 Å². The van der Waals surface area contributed by atoms with Gasteiger partial charge in [-0.15, -0.1) is 5.10 Å². The maximum Gasteiger partial charge on any atom is 0.147 e. The van der Waals surface area contributed by atoms with Gasteiger partial charge in [0.15, 0.2) is 0 Å². The van der Waals surface area contributed by atoms with E-state index in [1.54, 1.807) is 0 Å². The third-order valence-corrected chi connectivity index (χ3v) is 2.99. The first kappa shape index (κ1) is 16.0. The van der Waals surface area contributed by atoms with Crippen LogP contribution in [0.15, 0.2) is 24.5 Å². The predicted octanol–water partition coefficient (Wildman–Crippen LogP) is 3.37. The molecule has 0 aliphatic carbocycles. The lowest BCUT2D eigenvalue weighted by atomic mass is 10.2. The van der Waals surface area contributed by atoms with Crippen LogP contribution in [0, 0.1) is 41.5 Å². The minimum Gasteiger partial charge on any atom is -0.259 e. The molecule has 1 aromatic rings. The molecule has 1 heterocycles. The third-order valence-electron chi connectivity index (χ3n) is 2.99. The zero-order valence-electron chi connectivity index (χ0n) is 13.1. The third kappa shape index (κ3) is 5.26. The summed E-state index contributed by atoms with van der Waals surface area (Å²) >= 11 is 0. The molecule has 4 heteroatoms. The summed E-state index contributed by atoms with van der Waals surface area (Å²) in [6.07, 6.45) is 3.65. The molecule has 0 aliphatic heterocycles. The van der Waals surface area contributed by atoms with Crippen LogP contribution in [0.1, 0.15) is 33.9 Å². The van der Waals surface area contributed by atoms with Gasteiger partial charge in [0.25, 0.3) is 0 Å². The molecule has 4 nitrogen and oxygen atoms in total. The van der Waals surface area contributed by atoms with Crippen LogP contribution in [0.4, 0.5) is 0 Å². The Labute approximate surface area is 121 Å². The van der Waals surface area contributed by atoms with Gasteiger partial charge in [-0.2, -0.15) is 5.10 Å². The molecule has 20 heavy (non-hydrogen) atoms. The molecule has 0 N–H and O–H groups in total. The molecule has 0 saturated heterocycles. The molecule has 0 aliphatic rings. The molecule has 0 fully saturated rings. The Bertz CT molecular complexity index is 503. The Morgan fingerprint density at radius 1 is 0.650 bits per heavy atom. The highest BCUT2D eigenvalue weighted by Gasteiger charge is 1.90. The lowest BCUT2D eigenvalue weighted by molar-refractivity contribution is 0.899. The van der Waals surface area contributed by atoms with Crippen molar-refractivity contribution >= 4 is 0 Å². The quantitative estimate of drug-likeness (QED) is 0.725. The van der Waals surface area contributed by atoms with Gasteiger partial charge in [-0.1, -0.05) is 12.1 Å². The van der Waals surface area contributed by atoms with E-state index in [9.17, 15) is 0 Å². The van der Waals surface area contributed by atoms with Crippen LogP contribution >= 0.6 is 0 Å². The molecule has 0 saturated carbocycles. The minimum absolute atomic E-state index is 0.622. The van der Waals surface area contributed by atoms with Gasteiger partial charge in [-0.25, -0.2) is 4.98 Å². The van der Waals surface area contributed by atoms with Crippen molar-refractivity contribution < 1.29 is 0 Å². The first-order valence-corrected chi connectivity index (χ1v) is 6.60. The molecule has 106 valence electrons.